The SMILES string of the molecule is CCC/C=C\C/C=C\CCCCCCCC(=O)OCCCCCCCCCCCCCCCCCCCCCCC(=O)NC(CO)C(O)/C=C/CCCCCCCCCCCCCCCCCCCCCCC. The van der Waals surface area contributed by atoms with Crippen molar-refractivity contribution in [3.63, 3.8) is 0 Å². The molecular formula is C67H127NO5. The lowest BCUT2D eigenvalue weighted by molar-refractivity contribution is -0.143. The predicted octanol–water partition coefficient (Wildman–Crippen LogP) is 20.8. The lowest BCUT2D eigenvalue weighted by atomic mass is 10.0. The molecule has 0 saturated heterocycles. The third kappa shape index (κ3) is 59.2. The van der Waals surface area contributed by atoms with Crippen LogP contribution in [0, 0.1) is 0 Å². The number of allylic oxidation sites excluding steroid dienone is 5. The number of esters is 1. The van der Waals surface area contributed by atoms with Gasteiger partial charge in [0.05, 0.1) is 25.4 Å². The van der Waals surface area contributed by atoms with Crippen LogP contribution in [0.5, 0.6) is 0 Å². The van der Waals surface area contributed by atoms with Gasteiger partial charge in [-0.2, -0.15) is 0 Å². The molecule has 0 fully saturated rings. The molecule has 0 radical (unpaired) electrons. The van der Waals surface area contributed by atoms with Gasteiger partial charge in [0.25, 0.3) is 0 Å². The van der Waals surface area contributed by atoms with Crippen LogP contribution >= 0.6 is 0 Å². The molecule has 6 heteroatoms. The second-order valence-corrected chi connectivity index (χ2v) is 22.5. The highest BCUT2D eigenvalue weighted by molar-refractivity contribution is 5.76. The highest BCUT2D eigenvalue weighted by Gasteiger charge is 2.18. The maximum Gasteiger partial charge on any atom is 0.305 e. The van der Waals surface area contributed by atoms with Crippen LogP contribution in [-0.4, -0.2) is 47.4 Å². The average molecular weight is 1030 g/mol. The van der Waals surface area contributed by atoms with Gasteiger partial charge in [-0.15, -0.1) is 0 Å². The van der Waals surface area contributed by atoms with E-state index in [1.54, 1.807) is 6.08 Å². The molecule has 0 heterocycles. The highest BCUT2D eigenvalue weighted by Crippen LogP contribution is 2.18. The highest BCUT2D eigenvalue weighted by atomic mass is 16.5. The van der Waals surface area contributed by atoms with Gasteiger partial charge in [0.2, 0.25) is 5.91 Å². The zero-order valence-corrected chi connectivity index (χ0v) is 49.1. The lowest BCUT2D eigenvalue weighted by Crippen LogP contribution is -2.45. The molecule has 0 aromatic rings. The summed E-state index contributed by atoms with van der Waals surface area (Å²) in [4.78, 5) is 24.5. The number of hydrogen-bond acceptors (Lipinski definition) is 5. The third-order valence-corrected chi connectivity index (χ3v) is 15.1. The molecule has 2 unspecified atom stereocenters. The van der Waals surface area contributed by atoms with E-state index in [4.69, 9.17) is 4.74 Å². The van der Waals surface area contributed by atoms with Gasteiger partial charge in [0, 0.05) is 12.8 Å². The molecule has 0 aromatic carbocycles. The van der Waals surface area contributed by atoms with E-state index in [1.165, 1.54) is 276 Å². The fourth-order valence-corrected chi connectivity index (χ4v) is 10.1. The predicted molar refractivity (Wildman–Crippen MR) is 319 cm³/mol. The molecule has 0 aromatic heterocycles. The summed E-state index contributed by atoms with van der Waals surface area (Å²) in [5.41, 5.74) is 0. The topological polar surface area (TPSA) is 95.9 Å². The Morgan fingerprint density at radius 2 is 0.712 bits per heavy atom. The van der Waals surface area contributed by atoms with E-state index in [1.807, 2.05) is 6.08 Å². The minimum Gasteiger partial charge on any atom is -0.466 e. The molecule has 2 atom stereocenters. The van der Waals surface area contributed by atoms with Crippen molar-refractivity contribution in [2.75, 3.05) is 13.2 Å². The van der Waals surface area contributed by atoms with E-state index >= 15 is 0 Å². The molecule has 0 aliphatic rings. The molecule has 3 N–H and O–H groups in total. The Morgan fingerprint density at radius 3 is 1.10 bits per heavy atom. The van der Waals surface area contributed by atoms with E-state index in [0.29, 0.717) is 19.4 Å². The number of amides is 1. The smallest absolute Gasteiger partial charge is 0.305 e. The Bertz CT molecular complexity index is 1180. The summed E-state index contributed by atoms with van der Waals surface area (Å²) in [7, 11) is 0. The summed E-state index contributed by atoms with van der Waals surface area (Å²) in [5.74, 6) is -0.0719. The summed E-state index contributed by atoms with van der Waals surface area (Å²) in [6, 6.07) is -0.631. The molecule has 73 heavy (non-hydrogen) atoms. The van der Waals surface area contributed by atoms with E-state index in [0.717, 1.165) is 51.4 Å². The van der Waals surface area contributed by atoms with Gasteiger partial charge >= 0.3 is 5.97 Å². The number of aliphatic hydroxyl groups is 2. The van der Waals surface area contributed by atoms with Gasteiger partial charge in [-0.1, -0.05) is 320 Å². The fourth-order valence-electron chi connectivity index (χ4n) is 10.1. The Morgan fingerprint density at radius 1 is 0.384 bits per heavy atom. The van der Waals surface area contributed by atoms with Crippen LogP contribution in [-0.2, 0) is 14.3 Å². The largest absolute Gasteiger partial charge is 0.466 e. The summed E-state index contributed by atoms with van der Waals surface area (Å²) < 4.78 is 5.47. The van der Waals surface area contributed by atoms with Gasteiger partial charge in [-0.25, -0.2) is 0 Å². The molecule has 430 valence electrons. The van der Waals surface area contributed by atoms with Crippen LogP contribution in [0.3, 0.4) is 0 Å². The van der Waals surface area contributed by atoms with Crippen LogP contribution in [0.15, 0.2) is 36.5 Å². The van der Waals surface area contributed by atoms with Crippen molar-refractivity contribution in [2.45, 2.75) is 366 Å². The molecule has 0 spiro atoms. The number of hydrogen-bond donors (Lipinski definition) is 3. The minimum atomic E-state index is -0.848. The first-order valence-corrected chi connectivity index (χ1v) is 32.8. The molecule has 0 saturated carbocycles. The fraction of sp³-hybridized carbons (Fsp3) is 0.881. The van der Waals surface area contributed by atoms with Crippen LogP contribution in [0.2, 0.25) is 0 Å². The van der Waals surface area contributed by atoms with Gasteiger partial charge in [-0.3, -0.25) is 9.59 Å². The Labute approximate surface area is 455 Å². The van der Waals surface area contributed by atoms with Crippen molar-refractivity contribution in [1.29, 1.82) is 0 Å². The summed E-state index contributed by atoms with van der Waals surface area (Å²) >= 11 is 0. The van der Waals surface area contributed by atoms with E-state index in [-0.39, 0.29) is 18.5 Å². The quantitative estimate of drug-likeness (QED) is 0.0320. The Kier molecular flexibility index (Phi) is 61.0. The van der Waals surface area contributed by atoms with Crippen LogP contribution < -0.4 is 5.32 Å². The number of carbonyl (C=O) groups excluding carboxylic acids is 2. The van der Waals surface area contributed by atoms with Crippen molar-refractivity contribution in [2.24, 2.45) is 0 Å². The Balaban J connectivity index is 3.43. The standard InChI is InChI=1S/C67H127NO5/c1-3-5-7-9-11-13-15-17-18-19-20-21-22-23-26-29-32-36-39-43-47-51-55-59-65(70)64(63-69)68-66(71)60-56-52-48-44-40-37-33-30-27-24-25-28-31-34-38-42-46-50-54-58-62-73-67(72)61-57-53-49-45-41-35-16-14-12-10-8-6-4-2/h8,10,14,16,55,59,64-65,69-70H,3-7,9,11-13,15,17-54,56-58,60-63H2,1-2H3,(H,68,71)/b10-8-,16-14-,59-55+. The molecule has 6 nitrogen and oxygen atoms in total. The number of nitrogens with one attached hydrogen (secondary N) is 1. The van der Waals surface area contributed by atoms with Crippen molar-refractivity contribution < 1.29 is 24.5 Å². The molecule has 0 aliphatic carbocycles. The Hall–Kier alpha value is -1.92. The van der Waals surface area contributed by atoms with Gasteiger partial charge < -0.3 is 20.3 Å². The number of rotatable bonds is 61. The second kappa shape index (κ2) is 62.6. The van der Waals surface area contributed by atoms with Crippen molar-refractivity contribution in [3.8, 4) is 0 Å². The monoisotopic (exact) mass is 1030 g/mol. The van der Waals surface area contributed by atoms with Crippen LogP contribution in [0.25, 0.3) is 0 Å². The first-order chi connectivity index (χ1) is 36.0. The maximum atomic E-state index is 12.5. The first-order valence-electron chi connectivity index (χ1n) is 32.8. The summed E-state index contributed by atoms with van der Waals surface area (Å²) in [6.07, 6.45) is 79.1. The maximum absolute atomic E-state index is 12.5. The number of ether oxygens (including phenoxy) is 1. The number of aliphatic hydroxyl groups excluding tert-OH is 2. The number of unbranched alkanes of at least 4 members (excludes halogenated alkanes) is 46. The number of carbonyl (C=O) groups is 2. The van der Waals surface area contributed by atoms with E-state index < -0.39 is 12.1 Å². The molecular weight excluding hydrogens is 899 g/mol. The van der Waals surface area contributed by atoms with Crippen molar-refractivity contribution >= 4 is 11.9 Å². The zero-order chi connectivity index (χ0) is 52.9. The first kappa shape index (κ1) is 71.1. The van der Waals surface area contributed by atoms with Crippen molar-refractivity contribution in [3.05, 3.63) is 36.5 Å². The average Bonchev–Trinajstić information content (AvgIpc) is 3.39. The van der Waals surface area contributed by atoms with Gasteiger partial charge in [-0.05, 0) is 57.8 Å². The molecule has 0 rings (SSSR count). The van der Waals surface area contributed by atoms with E-state index in [2.05, 4.69) is 43.5 Å². The summed E-state index contributed by atoms with van der Waals surface area (Å²) in [6.45, 7) is 4.86. The van der Waals surface area contributed by atoms with Crippen LogP contribution in [0.1, 0.15) is 354 Å². The van der Waals surface area contributed by atoms with Crippen LogP contribution in [0.4, 0.5) is 0 Å². The normalized spacial score (nSPS) is 12.8. The van der Waals surface area contributed by atoms with E-state index in [9.17, 15) is 19.8 Å². The third-order valence-electron chi connectivity index (χ3n) is 15.1. The molecule has 0 bridgehead atoms. The second-order valence-electron chi connectivity index (χ2n) is 22.5. The van der Waals surface area contributed by atoms with Crippen molar-refractivity contribution in [1.82, 2.24) is 5.32 Å². The zero-order valence-electron chi connectivity index (χ0n) is 49.1. The lowest BCUT2D eigenvalue weighted by Gasteiger charge is -2.20. The molecule has 1 amide bonds. The van der Waals surface area contributed by atoms with Gasteiger partial charge in [0.1, 0.15) is 0 Å². The minimum absolute atomic E-state index is 0.00507. The summed E-state index contributed by atoms with van der Waals surface area (Å²) in [5, 5.41) is 23.2. The molecule has 0 aliphatic heterocycles. The van der Waals surface area contributed by atoms with Gasteiger partial charge in [0.15, 0.2) is 0 Å².